The van der Waals surface area contributed by atoms with Gasteiger partial charge in [0.1, 0.15) is 0 Å². The van der Waals surface area contributed by atoms with Crippen molar-refractivity contribution in [3.8, 4) is 34.1 Å². The molecule has 1 heterocycles. The Bertz CT molecular complexity index is 951. The quantitative estimate of drug-likeness (QED) is 0.667. The van der Waals surface area contributed by atoms with Gasteiger partial charge in [0.2, 0.25) is 0 Å². The van der Waals surface area contributed by atoms with Gasteiger partial charge in [-0.25, -0.2) is 0 Å². The normalized spacial score (nSPS) is 17.6. The van der Waals surface area contributed by atoms with E-state index in [4.69, 9.17) is 18.9 Å². The minimum atomic E-state index is 0.0747. The zero-order valence-corrected chi connectivity index (χ0v) is 19.2. The fourth-order valence-corrected chi connectivity index (χ4v) is 4.76. The first-order valence-electron chi connectivity index (χ1n) is 10.8. The van der Waals surface area contributed by atoms with Crippen LogP contribution in [0.5, 0.6) is 23.0 Å². The summed E-state index contributed by atoms with van der Waals surface area (Å²) in [6.45, 7) is 9.20. The van der Waals surface area contributed by atoms with Gasteiger partial charge in [-0.05, 0) is 88.0 Å². The summed E-state index contributed by atoms with van der Waals surface area (Å²) in [7, 11) is 5.64. The molecule has 0 saturated carbocycles. The van der Waals surface area contributed by atoms with Gasteiger partial charge in [0, 0.05) is 18.2 Å². The van der Waals surface area contributed by atoms with E-state index >= 15 is 0 Å². The number of ether oxygens (including phenoxy) is 4. The van der Waals surface area contributed by atoms with Crippen LogP contribution in [-0.2, 0) is 12.8 Å². The zero-order chi connectivity index (χ0) is 21.6. The van der Waals surface area contributed by atoms with Gasteiger partial charge in [0.05, 0.1) is 26.4 Å². The summed E-state index contributed by atoms with van der Waals surface area (Å²) in [6, 6.07) is 6.76. The van der Waals surface area contributed by atoms with Crippen molar-refractivity contribution in [2.45, 2.75) is 58.8 Å². The number of likely N-dealkylation sites (N-methyl/N-ethyl adjacent to an activating group) is 1. The highest BCUT2D eigenvalue weighted by Gasteiger charge is 2.37. The monoisotopic (exact) mass is 411 g/mol. The van der Waals surface area contributed by atoms with Crippen molar-refractivity contribution in [1.29, 1.82) is 0 Å². The van der Waals surface area contributed by atoms with Crippen molar-refractivity contribution in [3.05, 3.63) is 34.9 Å². The van der Waals surface area contributed by atoms with E-state index < -0.39 is 0 Å². The Morgan fingerprint density at radius 2 is 1.53 bits per heavy atom. The molecule has 162 valence electrons. The summed E-state index contributed by atoms with van der Waals surface area (Å²) >= 11 is 0. The molecule has 0 spiro atoms. The third-order valence-corrected chi connectivity index (χ3v) is 5.97. The molecule has 1 aliphatic heterocycles. The lowest BCUT2D eigenvalue weighted by Crippen LogP contribution is -2.35. The van der Waals surface area contributed by atoms with E-state index in [1.807, 2.05) is 27.7 Å². The number of benzene rings is 2. The first-order valence-corrected chi connectivity index (χ1v) is 10.8. The molecule has 5 heteroatoms. The molecule has 0 saturated heterocycles. The van der Waals surface area contributed by atoms with Crippen molar-refractivity contribution in [3.63, 3.8) is 0 Å². The lowest BCUT2D eigenvalue weighted by atomic mass is 9.76. The molecule has 1 atom stereocenters. The van der Waals surface area contributed by atoms with Crippen molar-refractivity contribution >= 4 is 0 Å². The summed E-state index contributed by atoms with van der Waals surface area (Å²) in [5.74, 6) is 3.17. The number of nitrogens with zero attached hydrogens (tertiary/aromatic N) is 1. The van der Waals surface area contributed by atoms with E-state index in [-0.39, 0.29) is 12.2 Å². The number of hydrogen-bond donors (Lipinski definition) is 0. The standard InChI is InChI=1S/C25H33NO4/c1-14(2)29-21-12-17-10-19-23-16(8-9-26(19)5)11-22(30-15(3)4)25(28-7)24(23)18(17)13-20(21)27-6/h11-15,19H,8-10H2,1-7H3. The van der Waals surface area contributed by atoms with Crippen LogP contribution in [-0.4, -0.2) is 44.9 Å². The Kier molecular flexibility index (Phi) is 5.58. The van der Waals surface area contributed by atoms with Gasteiger partial charge in [-0.15, -0.1) is 0 Å². The van der Waals surface area contributed by atoms with Crippen LogP contribution in [0.25, 0.3) is 11.1 Å². The summed E-state index contributed by atoms with van der Waals surface area (Å²) in [4.78, 5) is 2.45. The maximum absolute atomic E-state index is 6.18. The largest absolute Gasteiger partial charge is 0.493 e. The van der Waals surface area contributed by atoms with Crippen LogP contribution in [0.4, 0.5) is 0 Å². The Morgan fingerprint density at radius 1 is 0.867 bits per heavy atom. The molecule has 0 amide bonds. The van der Waals surface area contributed by atoms with Crippen LogP contribution >= 0.6 is 0 Å². The van der Waals surface area contributed by atoms with E-state index in [0.717, 1.165) is 53.5 Å². The molecule has 2 aliphatic rings. The predicted octanol–water partition coefficient (Wildman–Crippen LogP) is 5.03. The number of rotatable bonds is 6. The molecule has 2 aromatic rings. The number of hydrogen-bond acceptors (Lipinski definition) is 5. The molecular weight excluding hydrogens is 378 g/mol. The van der Waals surface area contributed by atoms with E-state index in [9.17, 15) is 0 Å². The van der Waals surface area contributed by atoms with Gasteiger partial charge >= 0.3 is 0 Å². The third kappa shape index (κ3) is 3.49. The van der Waals surface area contributed by atoms with Crippen LogP contribution in [0.2, 0.25) is 0 Å². The molecule has 0 bridgehead atoms. The Morgan fingerprint density at radius 3 is 2.17 bits per heavy atom. The molecule has 1 unspecified atom stereocenters. The molecule has 30 heavy (non-hydrogen) atoms. The van der Waals surface area contributed by atoms with E-state index in [0.29, 0.717) is 6.04 Å². The maximum Gasteiger partial charge on any atom is 0.168 e. The molecule has 0 fully saturated rings. The first kappa shape index (κ1) is 20.9. The second-order valence-corrected chi connectivity index (χ2v) is 8.80. The molecule has 0 aromatic heterocycles. The third-order valence-electron chi connectivity index (χ3n) is 5.97. The Balaban J connectivity index is 1.99. The molecule has 0 N–H and O–H groups in total. The van der Waals surface area contributed by atoms with E-state index in [1.54, 1.807) is 14.2 Å². The highest BCUT2D eigenvalue weighted by atomic mass is 16.5. The summed E-state index contributed by atoms with van der Waals surface area (Å²) in [5.41, 5.74) is 6.26. The van der Waals surface area contributed by atoms with Crippen molar-refractivity contribution < 1.29 is 18.9 Å². The Labute approximate surface area is 179 Å². The minimum Gasteiger partial charge on any atom is -0.493 e. The van der Waals surface area contributed by atoms with Crippen LogP contribution in [0, 0.1) is 0 Å². The SMILES string of the molecule is COc1cc2c(cc1OC(C)C)CC1c3c(cc(OC(C)C)c(OC)c3-2)CCN1C. The highest BCUT2D eigenvalue weighted by Crippen LogP contribution is 2.54. The zero-order valence-electron chi connectivity index (χ0n) is 19.2. The van der Waals surface area contributed by atoms with Crippen LogP contribution in [0.3, 0.4) is 0 Å². The number of fused-ring (bicyclic) bond motifs is 2. The van der Waals surface area contributed by atoms with Crippen molar-refractivity contribution in [1.82, 2.24) is 4.90 Å². The highest BCUT2D eigenvalue weighted by molar-refractivity contribution is 5.85. The van der Waals surface area contributed by atoms with Crippen LogP contribution < -0.4 is 18.9 Å². The summed E-state index contributed by atoms with van der Waals surface area (Å²) in [5, 5.41) is 0. The molecule has 4 rings (SSSR count). The van der Waals surface area contributed by atoms with Gasteiger partial charge in [-0.2, -0.15) is 0 Å². The molecular formula is C25H33NO4. The summed E-state index contributed by atoms with van der Waals surface area (Å²) < 4.78 is 23.9. The van der Waals surface area contributed by atoms with E-state index in [2.05, 4.69) is 30.1 Å². The van der Waals surface area contributed by atoms with Crippen LogP contribution in [0.1, 0.15) is 50.4 Å². The number of methoxy groups -OCH3 is 2. The minimum absolute atomic E-state index is 0.0747. The lowest BCUT2D eigenvalue weighted by Gasteiger charge is -2.41. The molecule has 5 nitrogen and oxygen atoms in total. The molecule has 2 aromatic carbocycles. The predicted molar refractivity (Wildman–Crippen MR) is 119 cm³/mol. The average molecular weight is 412 g/mol. The average Bonchev–Trinajstić information content (AvgIpc) is 2.69. The Hall–Kier alpha value is -2.40. The van der Waals surface area contributed by atoms with Gasteiger partial charge in [-0.1, -0.05) is 0 Å². The summed E-state index contributed by atoms with van der Waals surface area (Å²) in [6.07, 6.45) is 2.11. The van der Waals surface area contributed by atoms with Gasteiger partial charge in [0.15, 0.2) is 23.0 Å². The topological polar surface area (TPSA) is 40.2 Å². The second-order valence-electron chi connectivity index (χ2n) is 8.80. The van der Waals surface area contributed by atoms with E-state index in [1.165, 1.54) is 16.7 Å². The fourth-order valence-electron chi connectivity index (χ4n) is 4.76. The smallest absolute Gasteiger partial charge is 0.168 e. The fraction of sp³-hybridized carbons (Fsp3) is 0.520. The van der Waals surface area contributed by atoms with Gasteiger partial charge < -0.3 is 18.9 Å². The lowest BCUT2D eigenvalue weighted by molar-refractivity contribution is 0.216. The maximum atomic E-state index is 6.18. The van der Waals surface area contributed by atoms with Gasteiger partial charge in [0.25, 0.3) is 0 Å². The molecule has 0 radical (unpaired) electrons. The first-order chi connectivity index (χ1) is 14.3. The molecule has 1 aliphatic carbocycles. The van der Waals surface area contributed by atoms with Crippen molar-refractivity contribution in [2.75, 3.05) is 27.8 Å². The van der Waals surface area contributed by atoms with Crippen molar-refractivity contribution in [2.24, 2.45) is 0 Å². The van der Waals surface area contributed by atoms with Gasteiger partial charge in [-0.3, -0.25) is 4.90 Å². The second kappa shape index (κ2) is 8.03. The van der Waals surface area contributed by atoms with Crippen LogP contribution in [0.15, 0.2) is 18.2 Å².